The minimum absolute atomic E-state index is 0.228. The van der Waals surface area contributed by atoms with Crippen LogP contribution < -0.4 is 0 Å². The van der Waals surface area contributed by atoms with Crippen LogP contribution in [0.5, 0.6) is 0 Å². The molecule has 0 spiro atoms. The molecule has 0 saturated carbocycles. The Morgan fingerprint density at radius 2 is 0.602 bits per heavy atom. The van der Waals surface area contributed by atoms with E-state index in [0.29, 0.717) is 33.8 Å². The van der Waals surface area contributed by atoms with E-state index in [1.54, 1.807) is 22.9 Å². The fourth-order valence-corrected chi connectivity index (χ4v) is 12.2. The molecular formula is C78H81F3N6O. The Labute approximate surface area is 517 Å². The van der Waals surface area contributed by atoms with Crippen molar-refractivity contribution in [3.63, 3.8) is 0 Å². The molecule has 0 aliphatic rings. The molecule has 0 unspecified atom stereocenters. The van der Waals surface area contributed by atoms with Crippen LogP contribution in [0.25, 0.3) is 99.9 Å². The lowest BCUT2D eigenvalue weighted by Gasteiger charge is -2.11. The molecular weight excluding hydrogens is 1090 g/mol. The number of fused-ring (bicyclic) bond motifs is 3. The van der Waals surface area contributed by atoms with Crippen LogP contribution in [-0.4, -0.2) is 41.1 Å². The van der Waals surface area contributed by atoms with Gasteiger partial charge in [0.05, 0.1) is 16.6 Å². The Morgan fingerprint density at radius 1 is 0.318 bits per heavy atom. The van der Waals surface area contributed by atoms with Crippen LogP contribution in [0.1, 0.15) is 108 Å². The quantitative estimate of drug-likeness (QED) is 0.0686. The predicted octanol–water partition coefficient (Wildman–Crippen LogP) is 20.5. The number of para-hydroxylation sites is 3. The van der Waals surface area contributed by atoms with Gasteiger partial charge in [0.1, 0.15) is 34.5 Å². The van der Waals surface area contributed by atoms with Gasteiger partial charge in [-0.15, -0.1) is 0 Å². The lowest BCUT2D eigenvalue weighted by Crippen LogP contribution is -1.94. The maximum absolute atomic E-state index is 15.2. The number of rotatable bonds is 22. The first-order chi connectivity index (χ1) is 43.1. The summed E-state index contributed by atoms with van der Waals surface area (Å²) < 4.78 is 51.0. The summed E-state index contributed by atoms with van der Waals surface area (Å²) in [6, 6.07) is 65.2. The number of hydrogen-bond acceptors (Lipinski definition) is 4. The van der Waals surface area contributed by atoms with Gasteiger partial charge in [-0.2, -0.15) is 15.3 Å². The normalized spacial score (nSPS) is 11.3. The molecule has 0 atom stereocenters. The number of halogens is 3. The van der Waals surface area contributed by atoms with Crippen molar-refractivity contribution in [2.75, 3.05) is 6.61 Å². The monoisotopic (exact) mass is 1170 g/mol. The van der Waals surface area contributed by atoms with Gasteiger partial charge in [-0.3, -0.25) is 14.0 Å². The molecule has 0 aliphatic heterocycles. The van der Waals surface area contributed by atoms with Crippen molar-refractivity contribution in [3.8, 4) is 67.2 Å². The van der Waals surface area contributed by atoms with Crippen molar-refractivity contribution in [3.05, 3.63) is 234 Å². The molecule has 9 aromatic carbocycles. The topological polar surface area (TPSA) is 73.7 Å². The minimum atomic E-state index is -0.263. The number of aromatic nitrogens is 6. The van der Waals surface area contributed by atoms with Gasteiger partial charge < -0.3 is 5.11 Å². The van der Waals surface area contributed by atoms with Crippen LogP contribution >= 0.6 is 0 Å². The first kappa shape index (κ1) is 62.2. The molecule has 12 aromatic rings. The van der Waals surface area contributed by atoms with Gasteiger partial charge in [0.2, 0.25) is 0 Å². The van der Waals surface area contributed by atoms with E-state index in [4.69, 9.17) is 5.11 Å². The molecule has 3 heterocycles. The second-order valence-corrected chi connectivity index (χ2v) is 23.0. The zero-order valence-electron chi connectivity index (χ0n) is 51.6. The molecule has 1 N–H and O–H groups in total. The highest BCUT2D eigenvalue weighted by Gasteiger charge is 2.19. The molecule has 10 heteroatoms. The maximum atomic E-state index is 15.2. The van der Waals surface area contributed by atoms with Crippen LogP contribution in [-0.2, 0) is 40.4 Å². The van der Waals surface area contributed by atoms with Crippen LogP contribution in [0.15, 0.2) is 200 Å². The summed E-state index contributed by atoms with van der Waals surface area (Å²) in [5.74, 6) is -0.720. The molecule has 0 bridgehead atoms. The number of nitrogens with zero attached hydrogens (tertiary/aromatic N) is 6. The minimum Gasteiger partial charge on any atom is -0.396 e. The lowest BCUT2D eigenvalue weighted by atomic mass is 9.94. The van der Waals surface area contributed by atoms with Crippen LogP contribution in [0.4, 0.5) is 13.2 Å². The lowest BCUT2D eigenvalue weighted by molar-refractivity contribution is 0.283. The highest BCUT2D eigenvalue weighted by molar-refractivity contribution is 5.96. The molecule has 0 radical (unpaired) electrons. The number of aryl methyl sites for hydroxylation is 6. The number of hydrogen-bond donors (Lipinski definition) is 1. The molecule has 0 amide bonds. The summed E-state index contributed by atoms with van der Waals surface area (Å²) in [7, 11) is 5.67. The fraction of sp³-hybridized carbons (Fsp3) is 0.269. The van der Waals surface area contributed by atoms with Crippen LogP contribution in [0.2, 0.25) is 0 Å². The summed E-state index contributed by atoms with van der Waals surface area (Å²) in [5.41, 5.74) is 16.5. The van der Waals surface area contributed by atoms with Crippen molar-refractivity contribution in [2.24, 2.45) is 21.1 Å². The van der Waals surface area contributed by atoms with Gasteiger partial charge in [-0.05, 0) is 150 Å². The fourth-order valence-electron chi connectivity index (χ4n) is 12.2. The van der Waals surface area contributed by atoms with Gasteiger partial charge in [0, 0.05) is 60.6 Å². The van der Waals surface area contributed by atoms with Crippen molar-refractivity contribution < 1.29 is 18.3 Å². The zero-order valence-corrected chi connectivity index (χ0v) is 51.6. The molecule has 88 heavy (non-hydrogen) atoms. The Kier molecular flexibility index (Phi) is 21.3. The molecule has 0 fully saturated rings. The number of benzene rings is 9. The van der Waals surface area contributed by atoms with E-state index >= 15 is 13.2 Å². The first-order valence-electron chi connectivity index (χ1n) is 31.6. The van der Waals surface area contributed by atoms with E-state index in [1.165, 1.54) is 74.5 Å². The third-order valence-electron chi connectivity index (χ3n) is 16.9. The van der Waals surface area contributed by atoms with Crippen LogP contribution in [0.3, 0.4) is 0 Å². The Hall–Kier alpha value is -8.86. The molecule has 450 valence electrons. The SMILES string of the molecule is CCCCCCCc1ccccc1-c1ccc(-c2nn(C)c3ccccc23)c(F)c1.CCCCCCc1ccccc1-c1ccc(-c2nn(C)c3ccccc23)c(F)c1.Cn1nc(-c2ccc(-c3ccccc3CCCCCO)cc2F)c2ccccc21. The zero-order chi connectivity index (χ0) is 61.4. The van der Waals surface area contributed by atoms with Gasteiger partial charge >= 0.3 is 0 Å². The third kappa shape index (κ3) is 14.6. The largest absolute Gasteiger partial charge is 0.396 e. The third-order valence-corrected chi connectivity index (χ3v) is 16.9. The Bertz CT molecular complexity index is 4090. The Morgan fingerprint density at radius 3 is 0.920 bits per heavy atom. The highest BCUT2D eigenvalue weighted by atomic mass is 19.1. The predicted molar refractivity (Wildman–Crippen MR) is 360 cm³/mol. The average Bonchev–Trinajstić information content (AvgIpc) is 2.20. The smallest absolute Gasteiger partial charge is 0.133 e. The van der Waals surface area contributed by atoms with E-state index in [1.807, 2.05) is 170 Å². The van der Waals surface area contributed by atoms with Crippen molar-refractivity contribution >= 4 is 32.7 Å². The summed E-state index contributed by atoms with van der Waals surface area (Å²) in [6.45, 7) is 4.70. The van der Waals surface area contributed by atoms with Gasteiger partial charge in [-0.25, -0.2) is 13.2 Å². The maximum Gasteiger partial charge on any atom is 0.133 e. The standard InChI is InChI=1S/C27H29FN2.C26H27FN2.C25H25FN2O/c1-3-4-5-6-7-12-20-13-8-9-14-22(20)21-17-18-23(25(28)19-21)27-24-15-10-11-16-26(24)30(2)29-27;1-3-4-5-6-11-19-12-7-8-13-21(19)20-16-17-22(24(27)18-20)26-23-14-9-10-15-25(23)29(2)28-26;1-28-24-13-7-6-12-22(24)25(27-28)21-15-14-19(17-23(21)26)20-11-5-4-10-18(20)9-3-2-8-16-29/h8-11,13-19H,3-7,12H2,1-2H3;7-10,12-18H,3-6,11H2,1-2H3;4-7,10-15,17,29H,2-3,8-9,16H2,1H3. The molecule has 0 aliphatic carbocycles. The van der Waals surface area contributed by atoms with E-state index in [-0.39, 0.29) is 24.1 Å². The van der Waals surface area contributed by atoms with Crippen LogP contribution in [0, 0.1) is 17.5 Å². The second-order valence-electron chi connectivity index (χ2n) is 23.0. The molecule has 0 saturated heterocycles. The van der Waals surface area contributed by atoms with Crippen molar-refractivity contribution in [2.45, 2.75) is 110 Å². The van der Waals surface area contributed by atoms with Crippen molar-refractivity contribution in [1.82, 2.24) is 29.3 Å². The number of aliphatic hydroxyl groups is 1. The molecule has 12 rings (SSSR count). The van der Waals surface area contributed by atoms with E-state index in [2.05, 4.69) is 71.6 Å². The van der Waals surface area contributed by atoms with Crippen molar-refractivity contribution in [1.29, 1.82) is 0 Å². The molecule has 7 nitrogen and oxygen atoms in total. The highest BCUT2D eigenvalue weighted by Crippen LogP contribution is 2.37. The summed E-state index contributed by atoms with van der Waals surface area (Å²) in [5, 5.41) is 25.6. The Balaban J connectivity index is 0.000000146. The first-order valence-corrected chi connectivity index (χ1v) is 31.6. The number of unbranched alkanes of at least 4 members (excludes halogenated alkanes) is 9. The van der Waals surface area contributed by atoms with E-state index in [0.717, 1.165) is 105 Å². The van der Waals surface area contributed by atoms with E-state index < -0.39 is 0 Å². The summed E-state index contributed by atoms with van der Waals surface area (Å²) in [6.07, 6.45) is 17.0. The van der Waals surface area contributed by atoms with Gasteiger partial charge in [0.25, 0.3) is 0 Å². The summed E-state index contributed by atoms with van der Waals surface area (Å²) in [4.78, 5) is 0. The molecule has 3 aromatic heterocycles. The second kappa shape index (κ2) is 30.2. The average molecular weight is 1180 g/mol. The van der Waals surface area contributed by atoms with Gasteiger partial charge in [-0.1, -0.05) is 211 Å². The van der Waals surface area contributed by atoms with E-state index in [9.17, 15) is 0 Å². The van der Waals surface area contributed by atoms with Gasteiger partial charge in [0.15, 0.2) is 0 Å². The number of aliphatic hydroxyl groups excluding tert-OH is 1. The summed E-state index contributed by atoms with van der Waals surface area (Å²) >= 11 is 0.